The highest BCUT2D eigenvalue weighted by Gasteiger charge is 2.43. The zero-order chi connectivity index (χ0) is 22.4. The normalized spacial score (nSPS) is 21.8. The van der Waals surface area contributed by atoms with E-state index >= 15 is 0 Å². The molecule has 3 aromatic rings. The van der Waals surface area contributed by atoms with Crippen LogP contribution < -0.4 is 10.4 Å². The molecule has 3 aromatic carbocycles. The van der Waals surface area contributed by atoms with Crippen molar-refractivity contribution in [1.29, 1.82) is 0 Å². The molecule has 0 bridgehead atoms. The van der Waals surface area contributed by atoms with Crippen LogP contribution in [-0.2, 0) is 4.43 Å². The molecule has 0 amide bonds. The van der Waals surface area contributed by atoms with Crippen LogP contribution in [0.2, 0.25) is 0 Å². The van der Waals surface area contributed by atoms with E-state index in [1.54, 1.807) is 0 Å². The maximum Gasteiger partial charge on any atom is 0.281 e. The molecule has 4 rings (SSSR count). The highest BCUT2D eigenvalue weighted by Crippen LogP contribution is 2.37. The number of benzene rings is 3. The van der Waals surface area contributed by atoms with Crippen molar-refractivity contribution < 1.29 is 4.43 Å². The fraction of sp³-hybridized carbons (Fsp3) is 0.333. The Morgan fingerprint density at radius 2 is 1.31 bits per heavy atom. The monoisotopic (exact) mass is 440 g/mol. The van der Waals surface area contributed by atoms with E-state index < -0.39 is 8.32 Å². The van der Waals surface area contributed by atoms with Gasteiger partial charge in [0.25, 0.3) is 8.32 Å². The first-order valence-electron chi connectivity index (χ1n) is 12.1. The van der Waals surface area contributed by atoms with E-state index in [9.17, 15) is 0 Å². The van der Waals surface area contributed by atoms with Gasteiger partial charge in [0, 0.05) is 6.10 Å². The summed E-state index contributed by atoms with van der Waals surface area (Å²) in [6.45, 7) is 7.12. The van der Waals surface area contributed by atoms with Crippen molar-refractivity contribution in [3.8, 4) is 0 Å². The molecule has 3 atom stereocenters. The summed E-state index contributed by atoms with van der Waals surface area (Å²) in [5.41, 5.74) is 3.64. The first kappa shape index (κ1) is 22.8. The van der Waals surface area contributed by atoms with Gasteiger partial charge in [-0.1, -0.05) is 130 Å². The van der Waals surface area contributed by atoms with Gasteiger partial charge in [-0.25, -0.2) is 0 Å². The second-order valence-electron chi connectivity index (χ2n) is 9.69. The third-order valence-corrected chi connectivity index (χ3v) is 10.7. The van der Waals surface area contributed by atoms with Gasteiger partial charge in [-0.3, -0.25) is 0 Å². The van der Waals surface area contributed by atoms with E-state index in [1.807, 2.05) is 0 Å². The Labute approximate surface area is 195 Å². The number of rotatable bonds is 7. The highest BCUT2D eigenvalue weighted by molar-refractivity contribution is 7.01. The van der Waals surface area contributed by atoms with E-state index in [4.69, 9.17) is 4.43 Å². The van der Waals surface area contributed by atoms with E-state index in [0.29, 0.717) is 17.8 Å². The average molecular weight is 441 g/mol. The lowest BCUT2D eigenvalue weighted by molar-refractivity contribution is 0.0440. The fourth-order valence-electron chi connectivity index (χ4n) is 5.17. The molecule has 0 aromatic heterocycles. The lowest BCUT2D eigenvalue weighted by atomic mass is 9.75. The standard InChI is InChI=1S/C30H36OSi/c1-24(2)29-20-19-25(3)23-30(29)31-32(27-15-9-5-10-16-27,28-17-11-6-12-18-28)22-21-26-13-7-4-8-14-26/h4-18,21-22,24-25,29-30H,19-20,23H2,1-3H3/b22-21-/t25-,29+,30-/m1/s1. The van der Waals surface area contributed by atoms with Crippen LogP contribution in [-0.4, -0.2) is 14.4 Å². The summed E-state index contributed by atoms with van der Waals surface area (Å²) >= 11 is 0. The van der Waals surface area contributed by atoms with Crippen molar-refractivity contribution in [2.75, 3.05) is 0 Å². The molecule has 0 spiro atoms. The molecule has 0 aliphatic heterocycles. The van der Waals surface area contributed by atoms with Gasteiger partial charge < -0.3 is 4.43 Å². The summed E-state index contributed by atoms with van der Waals surface area (Å²) in [7, 11) is -2.62. The Kier molecular flexibility index (Phi) is 7.44. The third kappa shape index (κ3) is 5.14. The lowest BCUT2D eigenvalue weighted by Gasteiger charge is -2.42. The minimum atomic E-state index is -2.62. The predicted molar refractivity (Wildman–Crippen MR) is 140 cm³/mol. The van der Waals surface area contributed by atoms with Gasteiger partial charge in [0.2, 0.25) is 0 Å². The van der Waals surface area contributed by atoms with E-state index in [2.05, 4.69) is 124 Å². The van der Waals surface area contributed by atoms with Crippen LogP contribution in [0.4, 0.5) is 0 Å². The van der Waals surface area contributed by atoms with Gasteiger partial charge in [0.1, 0.15) is 0 Å². The Hall–Kier alpha value is -2.42. The molecule has 1 aliphatic rings. The molecule has 0 saturated heterocycles. The van der Waals surface area contributed by atoms with Crippen molar-refractivity contribution in [3.05, 3.63) is 102 Å². The van der Waals surface area contributed by atoms with Gasteiger partial charge in [0.05, 0.1) is 0 Å². The molecule has 1 fully saturated rings. The minimum Gasteiger partial charge on any atom is -0.401 e. The zero-order valence-corrected chi connectivity index (χ0v) is 20.7. The zero-order valence-electron chi connectivity index (χ0n) is 19.7. The van der Waals surface area contributed by atoms with E-state index in [0.717, 1.165) is 6.42 Å². The smallest absolute Gasteiger partial charge is 0.281 e. The molecular weight excluding hydrogens is 404 g/mol. The van der Waals surface area contributed by atoms with Crippen LogP contribution in [0.15, 0.2) is 96.7 Å². The molecule has 1 nitrogen and oxygen atoms in total. The largest absolute Gasteiger partial charge is 0.401 e. The second kappa shape index (κ2) is 10.5. The number of hydrogen-bond acceptors (Lipinski definition) is 1. The highest BCUT2D eigenvalue weighted by atomic mass is 28.4. The first-order chi connectivity index (χ1) is 15.6. The SMILES string of the molecule is CC(C)[C@@H]1CC[C@@H](C)C[C@H]1O[Si](/C=C\c1ccccc1)(c1ccccc1)c1ccccc1. The van der Waals surface area contributed by atoms with Crippen LogP contribution >= 0.6 is 0 Å². The van der Waals surface area contributed by atoms with Gasteiger partial charge in [-0.15, -0.1) is 0 Å². The third-order valence-electron chi connectivity index (χ3n) is 7.01. The summed E-state index contributed by atoms with van der Waals surface area (Å²) in [4.78, 5) is 0. The molecule has 1 saturated carbocycles. The summed E-state index contributed by atoms with van der Waals surface area (Å²) in [5, 5.41) is 2.64. The van der Waals surface area contributed by atoms with Crippen LogP contribution in [0.25, 0.3) is 6.08 Å². The quantitative estimate of drug-likeness (QED) is 0.382. The maximum absolute atomic E-state index is 7.47. The Balaban J connectivity index is 1.85. The average Bonchev–Trinajstić information content (AvgIpc) is 2.83. The van der Waals surface area contributed by atoms with Crippen LogP contribution in [0.3, 0.4) is 0 Å². The lowest BCUT2D eigenvalue weighted by Crippen LogP contribution is -2.62. The molecule has 166 valence electrons. The Morgan fingerprint density at radius 1 is 0.781 bits per heavy atom. The molecule has 0 unspecified atom stereocenters. The molecule has 2 heteroatoms. The Morgan fingerprint density at radius 3 is 1.84 bits per heavy atom. The van der Waals surface area contributed by atoms with Crippen molar-refractivity contribution in [1.82, 2.24) is 0 Å². The maximum atomic E-state index is 7.47. The molecule has 32 heavy (non-hydrogen) atoms. The van der Waals surface area contributed by atoms with Crippen LogP contribution in [0, 0.1) is 17.8 Å². The van der Waals surface area contributed by atoms with Crippen molar-refractivity contribution in [2.24, 2.45) is 17.8 Å². The van der Waals surface area contributed by atoms with Gasteiger partial charge in [-0.2, -0.15) is 0 Å². The summed E-state index contributed by atoms with van der Waals surface area (Å²) in [6.07, 6.45) is 6.29. The first-order valence-corrected chi connectivity index (χ1v) is 14.1. The van der Waals surface area contributed by atoms with Crippen LogP contribution in [0.5, 0.6) is 0 Å². The second-order valence-corrected chi connectivity index (χ2v) is 12.9. The Bertz CT molecular complexity index is 942. The van der Waals surface area contributed by atoms with Crippen molar-refractivity contribution in [2.45, 2.75) is 46.1 Å². The number of hydrogen-bond donors (Lipinski definition) is 0. The van der Waals surface area contributed by atoms with Crippen molar-refractivity contribution in [3.63, 3.8) is 0 Å². The molecule has 0 N–H and O–H groups in total. The van der Waals surface area contributed by atoms with Crippen molar-refractivity contribution >= 4 is 24.8 Å². The van der Waals surface area contributed by atoms with E-state index in [-0.39, 0.29) is 6.10 Å². The van der Waals surface area contributed by atoms with Gasteiger partial charge in [0.15, 0.2) is 0 Å². The topological polar surface area (TPSA) is 9.23 Å². The molecule has 0 radical (unpaired) electrons. The van der Waals surface area contributed by atoms with Crippen LogP contribution in [0.1, 0.15) is 45.6 Å². The molecule has 1 aliphatic carbocycles. The molecular formula is C30H36OSi. The summed E-state index contributed by atoms with van der Waals surface area (Å²) in [6, 6.07) is 32.5. The predicted octanol–water partition coefficient (Wildman–Crippen LogP) is 6.48. The summed E-state index contributed by atoms with van der Waals surface area (Å²) < 4.78 is 7.47. The van der Waals surface area contributed by atoms with Gasteiger partial charge in [-0.05, 0) is 46.5 Å². The minimum absolute atomic E-state index is 0.284. The fourth-order valence-corrected chi connectivity index (χ4v) is 8.79. The van der Waals surface area contributed by atoms with Gasteiger partial charge >= 0.3 is 0 Å². The summed E-state index contributed by atoms with van der Waals surface area (Å²) in [5.74, 6) is 1.95. The van der Waals surface area contributed by atoms with E-state index in [1.165, 1.54) is 28.8 Å². The molecule has 0 heterocycles.